The first-order valence-electron chi connectivity index (χ1n) is 5.32. The highest BCUT2D eigenvalue weighted by Crippen LogP contribution is 2.33. The van der Waals surface area contributed by atoms with Gasteiger partial charge in [-0.15, -0.1) is 0 Å². The summed E-state index contributed by atoms with van der Waals surface area (Å²) in [5, 5.41) is 32.9. The van der Waals surface area contributed by atoms with Crippen molar-refractivity contribution in [2.24, 2.45) is 0 Å². The van der Waals surface area contributed by atoms with Crippen molar-refractivity contribution in [3.63, 3.8) is 0 Å². The molecule has 0 saturated carbocycles. The lowest BCUT2D eigenvalue weighted by atomic mass is 10.1. The average molecular weight is 304 g/mol. The van der Waals surface area contributed by atoms with E-state index in [-0.39, 0.29) is 16.8 Å². The zero-order valence-corrected chi connectivity index (χ0v) is 10.8. The van der Waals surface area contributed by atoms with Crippen LogP contribution in [0.4, 0.5) is 11.4 Å². The van der Waals surface area contributed by atoms with E-state index in [0.717, 1.165) is 12.2 Å². The molecule has 22 heavy (non-hydrogen) atoms. The monoisotopic (exact) mass is 304 g/mol. The lowest BCUT2D eigenvalue weighted by Gasteiger charge is -1.99. The van der Waals surface area contributed by atoms with Gasteiger partial charge in [0.05, 0.1) is 9.85 Å². The van der Waals surface area contributed by atoms with Gasteiger partial charge < -0.3 is 0 Å². The number of hydrogen-bond acceptors (Lipinski definition) is 8. The molecule has 0 aromatic heterocycles. The Bertz CT molecular complexity index is 701. The number of nitrogens with zero attached hydrogens (tertiary/aromatic N) is 2. The van der Waals surface area contributed by atoms with Crippen molar-refractivity contribution in [1.29, 1.82) is 10.8 Å². The van der Waals surface area contributed by atoms with E-state index in [1.54, 1.807) is 12.1 Å². The summed E-state index contributed by atoms with van der Waals surface area (Å²) in [5.41, 5.74) is -0.491. The van der Waals surface area contributed by atoms with Gasteiger partial charge in [0, 0.05) is 12.1 Å². The van der Waals surface area contributed by atoms with Gasteiger partial charge in [0.1, 0.15) is 5.39 Å². The molecule has 10 nitrogen and oxygen atoms in total. The van der Waals surface area contributed by atoms with E-state index in [1.807, 2.05) is 0 Å². The molecule has 0 aliphatic carbocycles. The SMILES string of the molecule is N=C=O.N=C=O.O=[N+]([O-])c1cccc2cccc([N+](=O)[O-])c12. The van der Waals surface area contributed by atoms with Crippen LogP contribution in [-0.4, -0.2) is 22.0 Å². The Hall–Kier alpha value is -3.74. The van der Waals surface area contributed by atoms with Crippen molar-refractivity contribution in [3.8, 4) is 0 Å². The zero-order valence-electron chi connectivity index (χ0n) is 10.8. The number of hydrogen-bond donors (Lipinski definition) is 2. The molecule has 112 valence electrons. The van der Waals surface area contributed by atoms with Crippen LogP contribution >= 0.6 is 0 Å². The van der Waals surface area contributed by atoms with Crippen LogP contribution in [0, 0.1) is 31.0 Å². The van der Waals surface area contributed by atoms with E-state index in [1.165, 1.54) is 24.3 Å². The number of isocyanates is 2. The molecular formula is C12H8N4O6. The highest BCUT2D eigenvalue weighted by Gasteiger charge is 2.20. The lowest BCUT2D eigenvalue weighted by molar-refractivity contribution is -0.390. The van der Waals surface area contributed by atoms with Crippen LogP contribution in [-0.2, 0) is 9.59 Å². The second-order valence-corrected chi connectivity index (χ2v) is 3.37. The summed E-state index contributed by atoms with van der Waals surface area (Å²) in [5.74, 6) is 0. The molecule has 2 N–H and O–H groups in total. The summed E-state index contributed by atoms with van der Waals surface area (Å²) in [6.45, 7) is 0. The van der Waals surface area contributed by atoms with E-state index in [4.69, 9.17) is 20.4 Å². The lowest BCUT2D eigenvalue weighted by Crippen LogP contribution is -1.94. The van der Waals surface area contributed by atoms with Gasteiger partial charge in [0.2, 0.25) is 12.2 Å². The third kappa shape index (κ3) is 4.74. The fourth-order valence-electron chi connectivity index (χ4n) is 1.61. The Morgan fingerprint density at radius 3 is 1.41 bits per heavy atom. The summed E-state index contributed by atoms with van der Waals surface area (Å²) in [4.78, 5) is 37.0. The molecule has 0 saturated heterocycles. The quantitative estimate of drug-likeness (QED) is 0.373. The Morgan fingerprint density at radius 1 is 0.818 bits per heavy atom. The third-order valence-corrected chi connectivity index (χ3v) is 2.25. The van der Waals surface area contributed by atoms with Crippen LogP contribution < -0.4 is 0 Å². The molecule has 2 aromatic carbocycles. The molecule has 10 heteroatoms. The molecule has 0 heterocycles. The van der Waals surface area contributed by atoms with E-state index >= 15 is 0 Å². The van der Waals surface area contributed by atoms with Gasteiger partial charge in [-0.25, -0.2) is 20.4 Å². The number of carbonyl (C=O) groups excluding carboxylic acids is 2. The molecule has 2 rings (SSSR count). The smallest absolute Gasteiger partial charge is 0.258 e. The minimum atomic E-state index is -0.616. The first-order chi connectivity index (χ1) is 10.4. The van der Waals surface area contributed by atoms with E-state index in [2.05, 4.69) is 0 Å². The molecule has 0 amide bonds. The predicted molar refractivity (Wildman–Crippen MR) is 74.1 cm³/mol. The van der Waals surface area contributed by atoms with Crippen molar-refractivity contribution in [1.82, 2.24) is 0 Å². The molecular weight excluding hydrogens is 296 g/mol. The second kappa shape index (κ2) is 9.21. The number of rotatable bonds is 2. The maximum absolute atomic E-state index is 10.8. The molecule has 0 atom stereocenters. The van der Waals surface area contributed by atoms with Crippen molar-refractivity contribution in [2.75, 3.05) is 0 Å². The topological polar surface area (TPSA) is 168 Å². The number of nitrogens with one attached hydrogen (secondary N) is 2. The van der Waals surface area contributed by atoms with Crippen molar-refractivity contribution in [3.05, 3.63) is 56.6 Å². The van der Waals surface area contributed by atoms with Crippen LogP contribution in [0.3, 0.4) is 0 Å². The molecule has 0 aliphatic rings. The summed E-state index contributed by atoms with van der Waals surface area (Å²) in [6, 6.07) is 8.74. The van der Waals surface area contributed by atoms with Gasteiger partial charge in [0.15, 0.2) is 0 Å². The second-order valence-electron chi connectivity index (χ2n) is 3.37. The van der Waals surface area contributed by atoms with Crippen LogP contribution in [0.25, 0.3) is 10.8 Å². The predicted octanol–water partition coefficient (Wildman–Crippen LogP) is 2.46. The van der Waals surface area contributed by atoms with E-state index in [9.17, 15) is 20.2 Å². The van der Waals surface area contributed by atoms with Gasteiger partial charge in [-0.05, 0) is 5.39 Å². The largest absolute Gasteiger partial charge is 0.284 e. The fourth-order valence-corrected chi connectivity index (χ4v) is 1.61. The maximum Gasteiger partial charge on any atom is 0.284 e. The Labute approximate surface area is 122 Å². The van der Waals surface area contributed by atoms with Gasteiger partial charge in [-0.2, -0.15) is 0 Å². The number of nitro groups is 2. The molecule has 0 fully saturated rings. The van der Waals surface area contributed by atoms with Crippen LogP contribution in [0.1, 0.15) is 0 Å². The number of benzene rings is 2. The summed E-state index contributed by atoms with van der Waals surface area (Å²) in [6.07, 6.45) is 1.50. The number of non-ortho nitro benzene ring substituents is 2. The standard InChI is InChI=1S/C10H6N2O4.2CHNO/c13-11(14)8-5-1-3-7-4-2-6-9(10(7)8)12(15)16;2*2-1-3/h1-6H;2*2H. The Kier molecular flexibility index (Phi) is 7.64. The molecule has 0 unspecified atom stereocenters. The summed E-state index contributed by atoms with van der Waals surface area (Å²) in [7, 11) is 0. The van der Waals surface area contributed by atoms with Crippen LogP contribution in [0.2, 0.25) is 0 Å². The van der Waals surface area contributed by atoms with E-state index < -0.39 is 9.85 Å². The normalized spacial score (nSPS) is 8.18. The zero-order chi connectivity index (χ0) is 17.1. The number of nitro benzene ring substituents is 2. The minimum Gasteiger partial charge on any atom is -0.258 e. The maximum atomic E-state index is 10.8. The van der Waals surface area contributed by atoms with Crippen molar-refractivity contribution < 1.29 is 19.4 Å². The molecule has 0 radical (unpaired) electrons. The van der Waals surface area contributed by atoms with E-state index in [0.29, 0.717) is 5.39 Å². The van der Waals surface area contributed by atoms with Crippen molar-refractivity contribution in [2.45, 2.75) is 0 Å². The Balaban J connectivity index is 0.000000639. The van der Waals surface area contributed by atoms with Gasteiger partial charge in [-0.1, -0.05) is 24.3 Å². The molecule has 0 spiro atoms. The van der Waals surface area contributed by atoms with Crippen LogP contribution in [0.5, 0.6) is 0 Å². The third-order valence-electron chi connectivity index (χ3n) is 2.25. The van der Waals surface area contributed by atoms with Crippen LogP contribution in [0.15, 0.2) is 36.4 Å². The summed E-state index contributed by atoms with van der Waals surface area (Å²) < 4.78 is 0. The Morgan fingerprint density at radius 2 is 1.14 bits per heavy atom. The molecule has 0 aliphatic heterocycles. The van der Waals surface area contributed by atoms with Gasteiger partial charge in [-0.3, -0.25) is 20.2 Å². The minimum absolute atomic E-state index is 0.0694. The first-order valence-corrected chi connectivity index (χ1v) is 5.32. The fraction of sp³-hybridized carbons (Fsp3) is 0. The first kappa shape index (κ1) is 18.3. The molecule has 2 aromatic rings. The van der Waals surface area contributed by atoms with Crippen molar-refractivity contribution >= 4 is 34.3 Å². The number of fused-ring (bicyclic) bond motifs is 1. The average Bonchev–Trinajstić information content (AvgIpc) is 2.47. The molecule has 0 bridgehead atoms. The highest BCUT2D eigenvalue weighted by atomic mass is 16.6. The highest BCUT2D eigenvalue weighted by molar-refractivity contribution is 5.98. The van der Waals surface area contributed by atoms with Gasteiger partial charge in [0.25, 0.3) is 11.4 Å². The summed E-state index contributed by atoms with van der Waals surface area (Å²) >= 11 is 0. The van der Waals surface area contributed by atoms with Gasteiger partial charge >= 0.3 is 0 Å².